The van der Waals surface area contributed by atoms with E-state index in [1.807, 2.05) is 41.6 Å². The Kier molecular flexibility index (Phi) is 4.56. The minimum absolute atomic E-state index is 0.620. The molecule has 0 amide bonds. The highest BCUT2D eigenvalue weighted by Gasteiger charge is 2.10. The van der Waals surface area contributed by atoms with Crippen LogP contribution in [0, 0.1) is 0 Å². The van der Waals surface area contributed by atoms with Gasteiger partial charge in [-0.3, -0.25) is 5.01 Å². The molecule has 5 rings (SSSR count). The van der Waals surface area contributed by atoms with Crippen LogP contribution < -0.4 is 9.75 Å². The van der Waals surface area contributed by atoms with Gasteiger partial charge in [-0.1, -0.05) is 60.7 Å². The molecule has 0 spiro atoms. The highest BCUT2D eigenvalue weighted by atomic mass is 16.5. The number of methoxy groups -OCH3 is 1. The summed E-state index contributed by atoms with van der Waals surface area (Å²) in [5.74, 6) is 0.827. The third kappa shape index (κ3) is 3.05. The van der Waals surface area contributed by atoms with Crippen LogP contribution >= 0.6 is 0 Å². The second kappa shape index (κ2) is 7.53. The van der Waals surface area contributed by atoms with Crippen LogP contribution in [0.1, 0.15) is 5.56 Å². The number of hydrogen-bond donors (Lipinski definition) is 0. The van der Waals surface area contributed by atoms with Crippen molar-refractivity contribution in [3.05, 3.63) is 97.1 Å². The number of rotatable bonds is 6. The minimum atomic E-state index is 0.620. The lowest BCUT2D eigenvalue weighted by Gasteiger charge is -2.18. The second-order valence-corrected chi connectivity index (χ2v) is 7.32. The van der Waals surface area contributed by atoms with Crippen molar-refractivity contribution in [2.24, 2.45) is 5.10 Å². The summed E-state index contributed by atoms with van der Waals surface area (Å²) in [6, 6.07) is 27.5. The molecule has 0 aromatic heterocycles. The summed E-state index contributed by atoms with van der Waals surface area (Å²) in [4.78, 5) is 0. The van der Waals surface area contributed by atoms with E-state index in [4.69, 9.17) is 9.84 Å². The smallest absolute Gasteiger partial charge is 0.119 e. The molecule has 3 nitrogen and oxygen atoms in total. The van der Waals surface area contributed by atoms with Crippen LogP contribution in [0.2, 0.25) is 0 Å². The second-order valence-electron chi connectivity index (χ2n) is 7.32. The molecule has 0 heterocycles. The van der Waals surface area contributed by atoms with E-state index < -0.39 is 0 Å². The first-order valence-electron chi connectivity index (χ1n) is 10.0. The van der Waals surface area contributed by atoms with Crippen molar-refractivity contribution in [1.29, 1.82) is 0 Å². The average molecular weight is 390 g/mol. The van der Waals surface area contributed by atoms with Crippen LogP contribution in [0.3, 0.4) is 0 Å². The van der Waals surface area contributed by atoms with Gasteiger partial charge in [0.25, 0.3) is 0 Å². The Hall–Kier alpha value is -3.85. The van der Waals surface area contributed by atoms with Crippen molar-refractivity contribution in [2.45, 2.75) is 0 Å². The van der Waals surface area contributed by atoms with Crippen molar-refractivity contribution in [2.75, 3.05) is 18.7 Å². The van der Waals surface area contributed by atoms with Crippen molar-refractivity contribution in [3.63, 3.8) is 0 Å². The Labute approximate surface area is 175 Å². The topological polar surface area (TPSA) is 24.8 Å². The molecule has 5 aromatic carbocycles. The molecule has 0 aliphatic carbocycles. The fraction of sp³-hybridized carbons (Fsp3) is 0.0741. The van der Waals surface area contributed by atoms with E-state index >= 15 is 0 Å². The number of hydrazone groups is 1. The number of benzene rings is 5. The van der Waals surface area contributed by atoms with Crippen molar-refractivity contribution >= 4 is 44.2 Å². The maximum absolute atomic E-state index is 5.27. The van der Waals surface area contributed by atoms with E-state index in [0.717, 1.165) is 17.0 Å². The molecule has 146 valence electrons. The van der Waals surface area contributed by atoms with E-state index in [-0.39, 0.29) is 0 Å². The van der Waals surface area contributed by atoms with Crippen molar-refractivity contribution in [1.82, 2.24) is 0 Å². The van der Waals surface area contributed by atoms with Gasteiger partial charge in [0, 0.05) is 5.56 Å². The van der Waals surface area contributed by atoms with E-state index in [1.54, 1.807) is 7.11 Å². The Morgan fingerprint density at radius 1 is 0.833 bits per heavy atom. The summed E-state index contributed by atoms with van der Waals surface area (Å²) in [5, 5.41) is 14.4. The third-order valence-electron chi connectivity index (χ3n) is 5.57. The van der Waals surface area contributed by atoms with Gasteiger partial charge < -0.3 is 4.74 Å². The highest BCUT2D eigenvalue weighted by molar-refractivity contribution is 6.25. The van der Waals surface area contributed by atoms with Gasteiger partial charge in [-0.15, -0.1) is 6.58 Å². The van der Waals surface area contributed by atoms with Crippen LogP contribution in [-0.2, 0) is 0 Å². The first kappa shape index (κ1) is 18.2. The lowest BCUT2D eigenvalue weighted by atomic mass is 9.92. The molecule has 0 aliphatic rings. The lowest BCUT2D eigenvalue weighted by molar-refractivity contribution is 0.415. The molecule has 0 saturated carbocycles. The number of ether oxygens (including phenoxy) is 1. The van der Waals surface area contributed by atoms with E-state index in [0.29, 0.717) is 6.54 Å². The van der Waals surface area contributed by atoms with E-state index in [1.165, 1.54) is 32.3 Å². The molecule has 0 fully saturated rings. The summed E-state index contributed by atoms with van der Waals surface area (Å²) in [6.45, 7) is 4.50. The fourth-order valence-electron chi connectivity index (χ4n) is 4.10. The Bertz CT molecular complexity index is 1350. The zero-order valence-corrected chi connectivity index (χ0v) is 16.9. The normalized spacial score (nSPS) is 11.6. The zero-order chi connectivity index (χ0) is 20.5. The summed E-state index contributed by atoms with van der Waals surface area (Å²) < 4.78 is 5.27. The maximum atomic E-state index is 5.27. The predicted molar refractivity (Wildman–Crippen MR) is 128 cm³/mol. The standard InChI is InChI=1S/C27H22N2O/c1-3-17-29(23-12-14-24(30-2)15-13-23)28-18-22-10-9-21-8-7-19-5-4-6-20-11-16-25(22)27(21)26(19)20/h3-16,18H,1,17H2,2H3. The molecule has 0 aliphatic heterocycles. The Morgan fingerprint density at radius 3 is 2.20 bits per heavy atom. The number of anilines is 1. The van der Waals surface area contributed by atoms with Crippen LogP contribution in [0.4, 0.5) is 5.69 Å². The number of hydrogen-bond acceptors (Lipinski definition) is 3. The zero-order valence-electron chi connectivity index (χ0n) is 16.9. The summed E-state index contributed by atoms with van der Waals surface area (Å²) >= 11 is 0. The summed E-state index contributed by atoms with van der Waals surface area (Å²) in [6.07, 6.45) is 3.80. The van der Waals surface area contributed by atoms with Gasteiger partial charge >= 0.3 is 0 Å². The molecular formula is C27H22N2O. The molecule has 30 heavy (non-hydrogen) atoms. The Morgan fingerprint density at radius 2 is 1.50 bits per heavy atom. The SMILES string of the molecule is C=CCN(N=Cc1ccc2ccc3cccc4ccc1c2c34)c1ccc(OC)cc1. The van der Waals surface area contributed by atoms with Gasteiger partial charge in [0.05, 0.1) is 25.6 Å². The monoisotopic (exact) mass is 390 g/mol. The molecule has 0 atom stereocenters. The van der Waals surface area contributed by atoms with Gasteiger partial charge in [0.2, 0.25) is 0 Å². The Balaban J connectivity index is 1.60. The fourth-order valence-corrected chi connectivity index (χ4v) is 4.10. The molecule has 0 N–H and O–H groups in total. The van der Waals surface area contributed by atoms with Crippen molar-refractivity contribution in [3.8, 4) is 5.75 Å². The van der Waals surface area contributed by atoms with Gasteiger partial charge in [-0.2, -0.15) is 5.10 Å². The summed E-state index contributed by atoms with van der Waals surface area (Å²) in [7, 11) is 1.67. The molecular weight excluding hydrogens is 368 g/mol. The van der Waals surface area contributed by atoms with Gasteiger partial charge in [0.1, 0.15) is 5.75 Å². The molecule has 3 heteroatoms. The maximum Gasteiger partial charge on any atom is 0.119 e. The van der Waals surface area contributed by atoms with Gasteiger partial charge in [-0.05, 0) is 56.6 Å². The van der Waals surface area contributed by atoms with Crippen LogP contribution in [-0.4, -0.2) is 19.9 Å². The third-order valence-corrected chi connectivity index (χ3v) is 5.57. The molecule has 0 radical (unpaired) electrons. The lowest BCUT2D eigenvalue weighted by Crippen LogP contribution is -2.16. The van der Waals surface area contributed by atoms with Crippen LogP contribution in [0.5, 0.6) is 5.75 Å². The van der Waals surface area contributed by atoms with E-state index in [9.17, 15) is 0 Å². The van der Waals surface area contributed by atoms with Gasteiger partial charge in [0.15, 0.2) is 0 Å². The molecule has 5 aromatic rings. The molecule has 0 unspecified atom stereocenters. The molecule has 0 bridgehead atoms. The minimum Gasteiger partial charge on any atom is -0.497 e. The first-order chi connectivity index (χ1) is 14.8. The highest BCUT2D eigenvalue weighted by Crippen LogP contribution is 2.35. The van der Waals surface area contributed by atoms with E-state index in [2.05, 4.69) is 61.2 Å². The van der Waals surface area contributed by atoms with Crippen LogP contribution in [0.15, 0.2) is 96.6 Å². The average Bonchev–Trinajstić information content (AvgIpc) is 2.81. The van der Waals surface area contributed by atoms with Crippen molar-refractivity contribution < 1.29 is 4.74 Å². The van der Waals surface area contributed by atoms with Gasteiger partial charge in [-0.25, -0.2) is 0 Å². The quantitative estimate of drug-likeness (QED) is 0.141. The summed E-state index contributed by atoms with van der Waals surface area (Å²) in [5.41, 5.74) is 2.09. The largest absolute Gasteiger partial charge is 0.497 e. The molecule has 0 saturated heterocycles. The van der Waals surface area contributed by atoms with Crippen LogP contribution in [0.25, 0.3) is 32.3 Å². The first-order valence-corrected chi connectivity index (χ1v) is 10.0. The predicted octanol–water partition coefficient (Wildman–Crippen LogP) is 6.62. The number of nitrogens with zero attached hydrogens (tertiary/aromatic N) is 2.